The quantitative estimate of drug-likeness (QED) is 0.259. The molecule has 2 N–H and O–H groups in total. The van der Waals surface area contributed by atoms with Crippen molar-refractivity contribution in [3.8, 4) is 0 Å². The summed E-state index contributed by atoms with van der Waals surface area (Å²) in [5.41, 5.74) is 0. The van der Waals surface area contributed by atoms with E-state index in [1.54, 1.807) is 6.08 Å². The maximum absolute atomic E-state index is 11.9. The number of hydrogen-bond acceptors (Lipinski definition) is 4. The summed E-state index contributed by atoms with van der Waals surface area (Å²) >= 11 is 0. The van der Waals surface area contributed by atoms with Gasteiger partial charge >= 0.3 is 17.9 Å². The molecule has 0 fully saturated rings. The van der Waals surface area contributed by atoms with E-state index in [9.17, 15) is 14.4 Å². The highest BCUT2D eigenvalue weighted by atomic mass is 16.6. The minimum atomic E-state index is -1.29. The third kappa shape index (κ3) is 13.2. The van der Waals surface area contributed by atoms with Crippen LogP contribution in [0.4, 0.5) is 0 Å². The van der Waals surface area contributed by atoms with E-state index in [-0.39, 0.29) is 0 Å². The molecule has 0 aromatic carbocycles. The minimum absolute atomic E-state index is 0.404. The number of allylic oxidation sites excluding steroid dienone is 1. The predicted octanol–water partition coefficient (Wildman–Crippen LogP) is 4.18. The van der Waals surface area contributed by atoms with Gasteiger partial charge in [0, 0.05) is 0 Å². The van der Waals surface area contributed by atoms with E-state index in [0.717, 1.165) is 19.3 Å². The van der Waals surface area contributed by atoms with Crippen molar-refractivity contribution in [3.63, 3.8) is 0 Å². The highest BCUT2D eigenvalue weighted by Gasteiger charge is 2.24. The lowest BCUT2D eigenvalue weighted by molar-refractivity contribution is -0.165. The number of carbonyl (C=O) groups excluding carboxylic acids is 1. The summed E-state index contributed by atoms with van der Waals surface area (Å²) in [5.74, 6) is -4.15. The third-order valence-corrected chi connectivity index (χ3v) is 3.93. The molecule has 2 atom stereocenters. The van der Waals surface area contributed by atoms with Gasteiger partial charge in [0.2, 0.25) is 0 Å². The lowest BCUT2D eigenvalue weighted by atomic mass is 10.0. The summed E-state index contributed by atoms with van der Waals surface area (Å²) in [6, 6.07) is 0. The van der Waals surface area contributed by atoms with Crippen LogP contribution in [0.2, 0.25) is 0 Å². The van der Waals surface area contributed by atoms with Gasteiger partial charge in [-0.2, -0.15) is 0 Å². The molecule has 0 aromatic heterocycles. The second-order valence-corrected chi connectivity index (χ2v) is 6.31. The Morgan fingerprint density at radius 2 is 1.52 bits per heavy atom. The zero-order chi connectivity index (χ0) is 19.1. The monoisotopic (exact) mass is 356 g/mol. The van der Waals surface area contributed by atoms with Gasteiger partial charge in [-0.3, -0.25) is 9.59 Å². The summed E-state index contributed by atoms with van der Waals surface area (Å²) in [4.78, 5) is 33.5. The standard InChI is InChI=1S/C19H32O6/c1-3-4-5-6-7-8-9-10-11-12-13-16(14-17(20)21)19(24)25-15(2)18(22)23/h12-13,15-16H,3-11,14H2,1-2H3,(H,20,21)(H,22,23)/b13-12+. The molecule has 6 heteroatoms. The van der Waals surface area contributed by atoms with Crippen LogP contribution in [0.15, 0.2) is 12.2 Å². The molecule has 144 valence electrons. The molecule has 25 heavy (non-hydrogen) atoms. The third-order valence-electron chi connectivity index (χ3n) is 3.93. The molecule has 0 saturated heterocycles. The summed E-state index contributed by atoms with van der Waals surface area (Å²) in [7, 11) is 0. The van der Waals surface area contributed by atoms with Gasteiger partial charge in [0.15, 0.2) is 6.10 Å². The largest absolute Gasteiger partial charge is 0.481 e. The first-order valence-corrected chi connectivity index (χ1v) is 9.20. The Morgan fingerprint density at radius 3 is 2.04 bits per heavy atom. The molecule has 2 unspecified atom stereocenters. The average Bonchev–Trinajstić information content (AvgIpc) is 2.54. The Bertz CT molecular complexity index is 430. The van der Waals surface area contributed by atoms with E-state index >= 15 is 0 Å². The molecule has 0 aliphatic rings. The molecular weight excluding hydrogens is 324 g/mol. The fourth-order valence-corrected chi connectivity index (χ4v) is 2.39. The van der Waals surface area contributed by atoms with Gasteiger partial charge in [0.25, 0.3) is 0 Å². The van der Waals surface area contributed by atoms with Crippen molar-refractivity contribution in [1.29, 1.82) is 0 Å². The molecule has 0 saturated carbocycles. The number of unbranched alkanes of at least 4 members (excludes halogenated alkanes) is 8. The number of ether oxygens (including phenoxy) is 1. The Kier molecular flexibility index (Phi) is 13.4. The van der Waals surface area contributed by atoms with Crippen molar-refractivity contribution in [2.75, 3.05) is 0 Å². The van der Waals surface area contributed by atoms with Crippen molar-refractivity contribution in [1.82, 2.24) is 0 Å². The first-order chi connectivity index (χ1) is 11.9. The van der Waals surface area contributed by atoms with Gasteiger partial charge in [-0.1, -0.05) is 64.0 Å². The lowest BCUT2D eigenvalue weighted by Gasteiger charge is -2.13. The van der Waals surface area contributed by atoms with Crippen LogP contribution in [-0.4, -0.2) is 34.2 Å². The minimum Gasteiger partial charge on any atom is -0.481 e. The van der Waals surface area contributed by atoms with Crippen LogP contribution in [0.1, 0.15) is 78.1 Å². The molecule has 6 nitrogen and oxygen atoms in total. The van der Waals surface area contributed by atoms with E-state index in [2.05, 4.69) is 6.92 Å². The van der Waals surface area contributed by atoms with Crippen LogP contribution < -0.4 is 0 Å². The number of rotatable bonds is 15. The van der Waals surface area contributed by atoms with Gasteiger partial charge in [-0.05, 0) is 19.8 Å². The molecule has 0 rings (SSSR count). The van der Waals surface area contributed by atoms with Crippen molar-refractivity contribution in [2.24, 2.45) is 5.92 Å². The van der Waals surface area contributed by atoms with Gasteiger partial charge in [-0.15, -0.1) is 0 Å². The Morgan fingerprint density at radius 1 is 0.960 bits per heavy atom. The highest BCUT2D eigenvalue weighted by molar-refractivity contribution is 5.83. The SMILES string of the molecule is CCCCCCCCCC/C=C/C(CC(=O)O)C(=O)OC(C)C(=O)O. The summed E-state index contributed by atoms with van der Waals surface area (Å²) in [5, 5.41) is 17.6. The molecule has 0 radical (unpaired) electrons. The van der Waals surface area contributed by atoms with E-state index in [1.165, 1.54) is 51.5 Å². The Labute approximate surface area is 150 Å². The maximum atomic E-state index is 11.9. The normalized spacial score (nSPS) is 13.5. The van der Waals surface area contributed by atoms with Crippen LogP contribution in [0, 0.1) is 5.92 Å². The fourth-order valence-electron chi connectivity index (χ4n) is 2.39. The van der Waals surface area contributed by atoms with Gasteiger partial charge in [-0.25, -0.2) is 4.79 Å². The smallest absolute Gasteiger partial charge is 0.344 e. The van der Waals surface area contributed by atoms with Crippen LogP contribution >= 0.6 is 0 Å². The zero-order valence-corrected chi connectivity index (χ0v) is 15.4. The predicted molar refractivity (Wildman–Crippen MR) is 95.3 cm³/mol. The topological polar surface area (TPSA) is 101 Å². The van der Waals surface area contributed by atoms with Crippen LogP contribution in [0.25, 0.3) is 0 Å². The number of aliphatic carboxylic acids is 2. The van der Waals surface area contributed by atoms with E-state index in [1.807, 2.05) is 0 Å². The second kappa shape index (κ2) is 14.5. The fraction of sp³-hybridized carbons (Fsp3) is 0.737. The first-order valence-electron chi connectivity index (χ1n) is 9.20. The average molecular weight is 356 g/mol. The number of esters is 1. The number of carboxylic acid groups (broad SMARTS) is 2. The summed E-state index contributed by atoms with van der Waals surface area (Å²) in [6.07, 6.45) is 12.0. The highest BCUT2D eigenvalue weighted by Crippen LogP contribution is 2.13. The molecule has 0 amide bonds. The lowest BCUT2D eigenvalue weighted by Crippen LogP contribution is -2.28. The molecule has 0 aliphatic heterocycles. The molecule has 0 bridgehead atoms. The van der Waals surface area contributed by atoms with E-state index in [0.29, 0.717) is 0 Å². The van der Waals surface area contributed by atoms with Crippen molar-refractivity contribution in [3.05, 3.63) is 12.2 Å². The molecule has 0 aromatic rings. The molecule has 0 aliphatic carbocycles. The van der Waals surface area contributed by atoms with Crippen molar-refractivity contribution in [2.45, 2.75) is 84.2 Å². The van der Waals surface area contributed by atoms with Crippen molar-refractivity contribution >= 4 is 17.9 Å². The molecule has 0 spiro atoms. The Balaban J connectivity index is 4.12. The van der Waals surface area contributed by atoms with Gasteiger partial charge in [0.05, 0.1) is 12.3 Å². The first kappa shape index (κ1) is 23.1. The van der Waals surface area contributed by atoms with Gasteiger partial charge in [0.1, 0.15) is 0 Å². The second-order valence-electron chi connectivity index (χ2n) is 6.31. The van der Waals surface area contributed by atoms with E-state index < -0.39 is 36.4 Å². The number of hydrogen-bond donors (Lipinski definition) is 2. The maximum Gasteiger partial charge on any atom is 0.344 e. The number of carbonyl (C=O) groups is 3. The zero-order valence-electron chi connectivity index (χ0n) is 15.4. The van der Waals surface area contributed by atoms with Gasteiger partial charge < -0.3 is 14.9 Å². The molecular formula is C19H32O6. The molecule has 0 heterocycles. The van der Waals surface area contributed by atoms with Crippen LogP contribution in [0.5, 0.6) is 0 Å². The van der Waals surface area contributed by atoms with Crippen molar-refractivity contribution < 1.29 is 29.3 Å². The van der Waals surface area contributed by atoms with E-state index in [4.69, 9.17) is 14.9 Å². The summed E-state index contributed by atoms with van der Waals surface area (Å²) < 4.78 is 4.76. The number of carboxylic acids is 2. The summed E-state index contributed by atoms with van der Waals surface area (Å²) in [6.45, 7) is 3.43. The van der Waals surface area contributed by atoms with Crippen LogP contribution in [-0.2, 0) is 19.1 Å². The van der Waals surface area contributed by atoms with Crippen LogP contribution in [0.3, 0.4) is 0 Å². The Hall–Kier alpha value is -1.85.